The smallest absolute Gasteiger partial charge is 0.181 e. The van der Waals surface area contributed by atoms with Crippen molar-refractivity contribution in [1.29, 1.82) is 0 Å². The monoisotopic (exact) mass is 248 g/mol. The Labute approximate surface area is 103 Å². The number of ketones is 1. The van der Waals surface area contributed by atoms with E-state index in [-0.39, 0.29) is 11.5 Å². The van der Waals surface area contributed by atoms with Crippen LogP contribution in [0.3, 0.4) is 0 Å². The molecular formula is C11H12N4O3. The fourth-order valence-electron chi connectivity index (χ4n) is 1.64. The summed E-state index contributed by atoms with van der Waals surface area (Å²) in [5.41, 5.74) is 1.81. The first-order valence-corrected chi connectivity index (χ1v) is 5.27. The Morgan fingerprint density at radius 3 is 2.44 bits per heavy atom. The summed E-state index contributed by atoms with van der Waals surface area (Å²) in [6, 6.07) is 6.20. The van der Waals surface area contributed by atoms with Crippen molar-refractivity contribution in [2.24, 2.45) is 0 Å². The van der Waals surface area contributed by atoms with Crippen LogP contribution in [0.1, 0.15) is 23.1 Å². The molecule has 1 heterocycles. The van der Waals surface area contributed by atoms with Crippen LogP contribution in [0.2, 0.25) is 0 Å². The first kappa shape index (κ1) is 12.4. The first-order valence-electron chi connectivity index (χ1n) is 5.27. The molecule has 7 nitrogen and oxygen atoms in total. The SMILES string of the molecule is CC(=O)c1nnn(-c2ccc([NH+]([O-])O)cc2)c1C. The van der Waals surface area contributed by atoms with Gasteiger partial charge in [0.15, 0.2) is 17.2 Å². The van der Waals surface area contributed by atoms with Gasteiger partial charge in [-0.25, -0.2) is 9.89 Å². The van der Waals surface area contributed by atoms with E-state index in [0.717, 1.165) is 0 Å². The third kappa shape index (κ3) is 2.14. The van der Waals surface area contributed by atoms with Crippen LogP contribution < -0.4 is 5.23 Å². The van der Waals surface area contributed by atoms with E-state index >= 15 is 0 Å². The molecule has 1 aromatic carbocycles. The fraction of sp³-hybridized carbons (Fsp3) is 0.182. The van der Waals surface area contributed by atoms with Gasteiger partial charge in [0, 0.05) is 19.1 Å². The van der Waals surface area contributed by atoms with Gasteiger partial charge >= 0.3 is 0 Å². The molecule has 7 heteroatoms. The summed E-state index contributed by atoms with van der Waals surface area (Å²) in [5, 5.41) is 26.2. The fourth-order valence-corrected chi connectivity index (χ4v) is 1.64. The number of Topliss-reactive ketones (excluding diaryl/α,β-unsaturated/α-hetero) is 1. The minimum absolute atomic E-state index is 0.152. The van der Waals surface area contributed by atoms with E-state index in [4.69, 9.17) is 5.21 Å². The summed E-state index contributed by atoms with van der Waals surface area (Å²) in [6.45, 7) is 3.16. The van der Waals surface area contributed by atoms with Gasteiger partial charge < -0.3 is 5.21 Å². The molecule has 1 aromatic heterocycles. The molecule has 1 unspecified atom stereocenters. The van der Waals surface area contributed by atoms with Crippen LogP contribution in [0.4, 0.5) is 5.69 Å². The van der Waals surface area contributed by atoms with Gasteiger partial charge in [0.1, 0.15) is 0 Å². The number of aromatic nitrogens is 3. The van der Waals surface area contributed by atoms with Gasteiger partial charge in [0.05, 0.1) is 11.4 Å². The molecule has 0 saturated carbocycles. The summed E-state index contributed by atoms with van der Waals surface area (Å²) in [4.78, 5) is 11.3. The maximum absolute atomic E-state index is 11.3. The highest BCUT2D eigenvalue weighted by molar-refractivity contribution is 5.93. The molecule has 0 radical (unpaired) electrons. The molecule has 0 amide bonds. The Morgan fingerprint density at radius 1 is 1.39 bits per heavy atom. The zero-order valence-electron chi connectivity index (χ0n) is 9.91. The molecule has 1 atom stereocenters. The van der Waals surface area contributed by atoms with Crippen LogP contribution in [0.5, 0.6) is 0 Å². The molecule has 18 heavy (non-hydrogen) atoms. The van der Waals surface area contributed by atoms with Crippen LogP contribution in [0, 0.1) is 12.1 Å². The number of nitrogens with one attached hydrogen (secondary N) is 1. The van der Waals surface area contributed by atoms with E-state index in [0.29, 0.717) is 17.1 Å². The van der Waals surface area contributed by atoms with Crippen LogP contribution in [-0.2, 0) is 0 Å². The predicted molar refractivity (Wildman–Crippen MR) is 61.9 cm³/mol. The molecule has 2 N–H and O–H groups in total. The molecule has 0 fully saturated rings. The Bertz CT molecular complexity index is 574. The van der Waals surface area contributed by atoms with Crippen LogP contribution in [0.25, 0.3) is 5.69 Å². The Balaban J connectivity index is 2.40. The van der Waals surface area contributed by atoms with Crippen molar-refractivity contribution in [3.63, 3.8) is 0 Å². The number of carbonyl (C=O) groups is 1. The molecule has 0 saturated heterocycles. The summed E-state index contributed by atoms with van der Waals surface area (Å²) in [7, 11) is 0. The highest BCUT2D eigenvalue weighted by Gasteiger charge is 2.13. The normalized spacial score (nSPS) is 12.4. The van der Waals surface area contributed by atoms with Crippen LogP contribution in [-0.4, -0.2) is 26.0 Å². The summed E-state index contributed by atoms with van der Waals surface area (Å²) >= 11 is 0. The lowest BCUT2D eigenvalue weighted by Crippen LogP contribution is -2.99. The molecular weight excluding hydrogens is 236 g/mol. The van der Waals surface area contributed by atoms with E-state index in [9.17, 15) is 10.0 Å². The van der Waals surface area contributed by atoms with Gasteiger partial charge in [-0.05, 0) is 19.1 Å². The number of rotatable bonds is 3. The number of nitrogens with zero attached hydrogens (tertiary/aromatic N) is 3. The van der Waals surface area contributed by atoms with Gasteiger partial charge in [-0.15, -0.1) is 5.10 Å². The molecule has 94 valence electrons. The molecule has 0 aliphatic heterocycles. The molecule has 0 spiro atoms. The topological polar surface area (TPSA) is 95.5 Å². The number of hydrogen-bond acceptors (Lipinski definition) is 5. The summed E-state index contributed by atoms with van der Waals surface area (Å²) in [5.74, 6) is -0.152. The van der Waals surface area contributed by atoms with Gasteiger partial charge in [-0.3, -0.25) is 4.79 Å². The molecule has 2 aromatic rings. The standard InChI is InChI=1S/C11H12N4O3/c1-7-11(8(2)16)12-13-14(7)9-3-5-10(6-4-9)15(17)18/h3-6,15,17H,1-2H3. The second kappa shape index (κ2) is 4.65. The van der Waals surface area contributed by atoms with E-state index in [1.54, 1.807) is 19.1 Å². The third-order valence-corrected chi connectivity index (χ3v) is 2.59. The lowest BCUT2D eigenvalue weighted by Gasteiger charge is -2.11. The zero-order valence-corrected chi connectivity index (χ0v) is 9.91. The van der Waals surface area contributed by atoms with Crippen molar-refractivity contribution >= 4 is 11.5 Å². The lowest BCUT2D eigenvalue weighted by atomic mass is 10.2. The number of hydrogen-bond donors (Lipinski definition) is 2. The van der Waals surface area contributed by atoms with Gasteiger partial charge in [-0.1, -0.05) is 5.21 Å². The molecule has 0 bridgehead atoms. The lowest BCUT2D eigenvalue weighted by molar-refractivity contribution is -0.991. The zero-order chi connectivity index (χ0) is 13.3. The minimum Gasteiger partial charge on any atom is -0.595 e. The second-order valence-corrected chi connectivity index (χ2v) is 3.84. The first-order chi connectivity index (χ1) is 8.50. The average molecular weight is 248 g/mol. The van der Waals surface area contributed by atoms with Crippen molar-refractivity contribution in [2.45, 2.75) is 13.8 Å². The Morgan fingerprint density at radius 2 is 2.00 bits per heavy atom. The number of benzene rings is 1. The Kier molecular flexibility index (Phi) is 3.19. The van der Waals surface area contributed by atoms with Crippen LogP contribution in [0.15, 0.2) is 24.3 Å². The quantitative estimate of drug-likeness (QED) is 0.596. The Hall–Kier alpha value is -2.09. The summed E-state index contributed by atoms with van der Waals surface area (Å²) in [6.07, 6.45) is 0. The van der Waals surface area contributed by atoms with Crippen molar-refractivity contribution in [3.05, 3.63) is 40.9 Å². The van der Waals surface area contributed by atoms with Crippen LogP contribution >= 0.6 is 0 Å². The second-order valence-electron chi connectivity index (χ2n) is 3.84. The number of quaternary nitrogens is 1. The average Bonchev–Trinajstić information content (AvgIpc) is 2.71. The predicted octanol–water partition coefficient (Wildman–Crippen LogP) is 0.182. The van der Waals surface area contributed by atoms with Gasteiger partial charge in [0.2, 0.25) is 0 Å². The van der Waals surface area contributed by atoms with Gasteiger partial charge in [0.25, 0.3) is 0 Å². The van der Waals surface area contributed by atoms with Crippen molar-refractivity contribution in [1.82, 2.24) is 15.0 Å². The summed E-state index contributed by atoms with van der Waals surface area (Å²) < 4.78 is 1.50. The highest BCUT2D eigenvalue weighted by Crippen LogP contribution is 2.14. The number of carbonyl (C=O) groups excluding carboxylic acids is 1. The maximum atomic E-state index is 11.3. The highest BCUT2D eigenvalue weighted by atomic mass is 16.8. The van der Waals surface area contributed by atoms with Crippen molar-refractivity contribution < 1.29 is 15.2 Å². The van der Waals surface area contributed by atoms with E-state index in [2.05, 4.69) is 10.3 Å². The molecule has 0 aliphatic carbocycles. The maximum Gasteiger partial charge on any atom is 0.181 e. The van der Waals surface area contributed by atoms with E-state index < -0.39 is 5.23 Å². The minimum atomic E-state index is -0.985. The molecule has 0 aliphatic rings. The van der Waals surface area contributed by atoms with Gasteiger partial charge in [-0.2, -0.15) is 5.23 Å². The third-order valence-electron chi connectivity index (χ3n) is 2.59. The van der Waals surface area contributed by atoms with E-state index in [1.165, 1.54) is 23.7 Å². The molecule has 2 rings (SSSR count). The largest absolute Gasteiger partial charge is 0.595 e. The van der Waals surface area contributed by atoms with E-state index in [1.807, 2.05) is 0 Å². The van der Waals surface area contributed by atoms with Crippen molar-refractivity contribution in [3.8, 4) is 5.69 Å². The van der Waals surface area contributed by atoms with Crippen molar-refractivity contribution in [2.75, 3.05) is 0 Å².